The van der Waals surface area contributed by atoms with Crippen LogP contribution < -0.4 is 0 Å². The molecule has 16 heavy (non-hydrogen) atoms. The summed E-state index contributed by atoms with van der Waals surface area (Å²) in [6.07, 6.45) is 0.803. The normalized spacial score (nSPS) is 21.1. The molecule has 0 saturated carbocycles. The molecule has 1 aromatic carbocycles. The van der Waals surface area contributed by atoms with Crippen molar-refractivity contribution in [2.24, 2.45) is 5.92 Å². The maximum atomic E-state index is 12.0. The summed E-state index contributed by atoms with van der Waals surface area (Å²) in [5.74, 6) is 0.291. The lowest BCUT2D eigenvalue weighted by Gasteiger charge is -2.08. The van der Waals surface area contributed by atoms with E-state index in [1.807, 2.05) is 0 Å². The van der Waals surface area contributed by atoms with Gasteiger partial charge in [-0.2, -0.15) is 0 Å². The molecule has 1 aliphatic heterocycles. The molecule has 0 aliphatic carbocycles. The molecule has 0 amide bonds. The molecule has 5 heteroatoms. The average Bonchev–Trinajstić information content (AvgIpc) is 2.70. The van der Waals surface area contributed by atoms with Crippen LogP contribution in [-0.4, -0.2) is 32.5 Å². The second-order valence-electron chi connectivity index (χ2n) is 4.00. The molecule has 1 atom stereocenters. The standard InChI is InChI=1S/C11H14O4S/c12-10-1-3-11(4-2-10)16(13,14)8-9-5-6-15-7-9/h1-4,9,12H,5-8H2/t9-/m0/s1. The minimum atomic E-state index is -3.25. The van der Waals surface area contributed by atoms with Gasteiger partial charge >= 0.3 is 0 Å². The molecule has 1 heterocycles. The third kappa shape index (κ3) is 2.54. The van der Waals surface area contributed by atoms with Crippen molar-refractivity contribution in [3.05, 3.63) is 24.3 Å². The Balaban J connectivity index is 2.14. The van der Waals surface area contributed by atoms with Crippen molar-refractivity contribution >= 4 is 9.84 Å². The van der Waals surface area contributed by atoms with Crippen LogP contribution in [0.3, 0.4) is 0 Å². The molecule has 0 radical (unpaired) electrons. The molecular weight excluding hydrogens is 228 g/mol. The summed E-state index contributed by atoms with van der Waals surface area (Å²) >= 11 is 0. The molecule has 0 aromatic heterocycles. The van der Waals surface area contributed by atoms with Gasteiger partial charge in [-0.3, -0.25) is 0 Å². The quantitative estimate of drug-likeness (QED) is 0.865. The smallest absolute Gasteiger partial charge is 0.178 e. The fraction of sp³-hybridized carbons (Fsp3) is 0.455. The summed E-state index contributed by atoms with van der Waals surface area (Å²) in [6, 6.07) is 5.64. The third-order valence-electron chi connectivity index (χ3n) is 2.67. The maximum Gasteiger partial charge on any atom is 0.178 e. The Kier molecular flexibility index (Phi) is 3.16. The Morgan fingerprint density at radius 3 is 2.56 bits per heavy atom. The Bertz CT molecular complexity index is 443. The van der Waals surface area contributed by atoms with Crippen molar-refractivity contribution in [3.8, 4) is 5.75 Å². The van der Waals surface area contributed by atoms with E-state index < -0.39 is 9.84 Å². The molecular formula is C11H14O4S. The first-order valence-corrected chi connectivity index (χ1v) is 6.83. The number of benzene rings is 1. The largest absolute Gasteiger partial charge is 0.508 e. The summed E-state index contributed by atoms with van der Waals surface area (Å²) in [7, 11) is -3.25. The summed E-state index contributed by atoms with van der Waals surface area (Å²) in [4.78, 5) is 0.261. The fourth-order valence-electron chi connectivity index (χ4n) is 1.77. The highest BCUT2D eigenvalue weighted by Gasteiger charge is 2.24. The molecule has 1 saturated heterocycles. The van der Waals surface area contributed by atoms with Crippen molar-refractivity contribution in [2.75, 3.05) is 19.0 Å². The molecule has 4 nitrogen and oxygen atoms in total. The van der Waals surface area contributed by atoms with Crippen LogP contribution in [0.5, 0.6) is 5.75 Å². The number of aromatic hydroxyl groups is 1. The fourth-order valence-corrected chi connectivity index (χ4v) is 3.40. The zero-order valence-electron chi connectivity index (χ0n) is 8.80. The Morgan fingerprint density at radius 2 is 2.00 bits per heavy atom. The van der Waals surface area contributed by atoms with Gasteiger partial charge in [0, 0.05) is 6.61 Å². The van der Waals surface area contributed by atoms with Crippen LogP contribution in [0, 0.1) is 5.92 Å². The maximum absolute atomic E-state index is 12.0. The SMILES string of the molecule is O=S(=O)(C[C@H]1CCOC1)c1ccc(O)cc1. The van der Waals surface area contributed by atoms with Gasteiger partial charge in [-0.15, -0.1) is 0 Å². The molecule has 1 aliphatic rings. The minimum absolute atomic E-state index is 0.0724. The van der Waals surface area contributed by atoms with E-state index in [0.717, 1.165) is 6.42 Å². The first-order chi connectivity index (χ1) is 7.58. The number of rotatable bonds is 3. The number of hydrogen-bond donors (Lipinski definition) is 1. The summed E-state index contributed by atoms with van der Waals surface area (Å²) in [5, 5.41) is 9.09. The third-order valence-corrected chi connectivity index (χ3v) is 4.58. The van der Waals surface area contributed by atoms with Gasteiger partial charge < -0.3 is 9.84 Å². The van der Waals surface area contributed by atoms with Crippen LogP contribution in [0.2, 0.25) is 0 Å². The van der Waals surface area contributed by atoms with Gasteiger partial charge in [0.05, 0.1) is 17.3 Å². The van der Waals surface area contributed by atoms with Crippen molar-refractivity contribution in [3.63, 3.8) is 0 Å². The first kappa shape index (κ1) is 11.4. The number of sulfone groups is 1. The van der Waals surface area contributed by atoms with E-state index >= 15 is 0 Å². The highest BCUT2D eigenvalue weighted by molar-refractivity contribution is 7.91. The van der Waals surface area contributed by atoms with Gasteiger partial charge in [0.15, 0.2) is 9.84 Å². The van der Waals surface area contributed by atoms with Gasteiger partial charge in [-0.1, -0.05) is 0 Å². The number of hydrogen-bond acceptors (Lipinski definition) is 4. The molecule has 1 fully saturated rings. The first-order valence-electron chi connectivity index (χ1n) is 5.17. The van der Waals surface area contributed by atoms with E-state index in [4.69, 9.17) is 9.84 Å². The summed E-state index contributed by atoms with van der Waals surface area (Å²) in [6.45, 7) is 1.17. The molecule has 1 N–H and O–H groups in total. The zero-order valence-corrected chi connectivity index (χ0v) is 9.61. The van der Waals surface area contributed by atoms with Gasteiger partial charge in [-0.25, -0.2) is 8.42 Å². The highest BCUT2D eigenvalue weighted by Crippen LogP contribution is 2.21. The van der Waals surface area contributed by atoms with Crippen LogP contribution in [0.25, 0.3) is 0 Å². The lowest BCUT2D eigenvalue weighted by molar-refractivity contribution is 0.188. The van der Waals surface area contributed by atoms with Gasteiger partial charge in [-0.05, 0) is 36.6 Å². The topological polar surface area (TPSA) is 63.6 Å². The zero-order chi connectivity index (χ0) is 11.6. The summed E-state index contributed by atoms with van der Waals surface area (Å²) < 4.78 is 29.1. The van der Waals surface area contributed by atoms with Crippen molar-refractivity contribution < 1.29 is 18.3 Å². The van der Waals surface area contributed by atoms with Crippen LogP contribution in [-0.2, 0) is 14.6 Å². The number of ether oxygens (including phenoxy) is 1. The number of phenolic OH excluding ortho intramolecular Hbond substituents is 1. The van der Waals surface area contributed by atoms with Crippen LogP contribution in [0.15, 0.2) is 29.2 Å². The molecule has 88 valence electrons. The highest BCUT2D eigenvalue weighted by atomic mass is 32.2. The van der Waals surface area contributed by atoms with Crippen molar-refractivity contribution in [2.45, 2.75) is 11.3 Å². The van der Waals surface area contributed by atoms with E-state index in [-0.39, 0.29) is 22.3 Å². The van der Waals surface area contributed by atoms with Gasteiger partial charge in [0.1, 0.15) is 5.75 Å². The lowest BCUT2D eigenvalue weighted by atomic mass is 10.2. The second kappa shape index (κ2) is 4.43. The summed E-state index contributed by atoms with van der Waals surface area (Å²) in [5.41, 5.74) is 0. The van der Waals surface area contributed by atoms with Crippen LogP contribution >= 0.6 is 0 Å². The van der Waals surface area contributed by atoms with E-state index in [2.05, 4.69) is 0 Å². The minimum Gasteiger partial charge on any atom is -0.508 e. The van der Waals surface area contributed by atoms with E-state index in [1.165, 1.54) is 24.3 Å². The molecule has 0 spiro atoms. The molecule has 1 aromatic rings. The predicted octanol–water partition coefficient (Wildman–Crippen LogP) is 1.20. The van der Waals surface area contributed by atoms with Crippen molar-refractivity contribution in [1.29, 1.82) is 0 Å². The van der Waals surface area contributed by atoms with E-state index in [1.54, 1.807) is 0 Å². The van der Waals surface area contributed by atoms with Gasteiger partial charge in [0.2, 0.25) is 0 Å². The molecule has 0 unspecified atom stereocenters. The molecule has 2 rings (SSSR count). The Hall–Kier alpha value is -1.07. The van der Waals surface area contributed by atoms with Crippen LogP contribution in [0.4, 0.5) is 0 Å². The second-order valence-corrected chi connectivity index (χ2v) is 6.04. The van der Waals surface area contributed by atoms with Gasteiger partial charge in [0.25, 0.3) is 0 Å². The Morgan fingerprint density at radius 1 is 1.31 bits per heavy atom. The monoisotopic (exact) mass is 242 g/mol. The Labute approximate surface area is 94.8 Å². The van der Waals surface area contributed by atoms with E-state index in [9.17, 15) is 8.42 Å². The number of phenols is 1. The lowest BCUT2D eigenvalue weighted by Crippen LogP contribution is -2.16. The molecule has 0 bridgehead atoms. The average molecular weight is 242 g/mol. The predicted molar refractivity (Wildman–Crippen MR) is 59.1 cm³/mol. The van der Waals surface area contributed by atoms with Crippen molar-refractivity contribution in [1.82, 2.24) is 0 Å². The van der Waals surface area contributed by atoms with Crippen LogP contribution in [0.1, 0.15) is 6.42 Å². The van der Waals surface area contributed by atoms with E-state index in [0.29, 0.717) is 13.2 Å².